The Balaban J connectivity index is 1.77. The molecule has 0 spiro atoms. The first kappa shape index (κ1) is 18.7. The summed E-state index contributed by atoms with van der Waals surface area (Å²) in [5.74, 6) is -0.268. The van der Waals surface area contributed by atoms with Crippen LogP contribution in [0, 0.1) is 11.3 Å². The van der Waals surface area contributed by atoms with Crippen molar-refractivity contribution in [3.05, 3.63) is 83.6 Å². The molecule has 4 nitrogen and oxygen atoms in total. The minimum absolute atomic E-state index is 0.161. The van der Waals surface area contributed by atoms with Gasteiger partial charge in [0.15, 0.2) is 0 Å². The second-order valence-electron chi connectivity index (χ2n) is 6.99. The highest BCUT2D eigenvalue weighted by molar-refractivity contribution is 5.97. The van der Waals surface area contributed by atoms with E-state index < -0.39 is 0 Å². The van der Waals surface area contributed by atoms with Gasteiger partial charge >= 0.3 is 0 Å². The molecule has 1 saturated carbocycles. The zero-order valence-corrected chi connectivity index (χ0v) is 15.5. The Labute approximate surface area is 161 Å². The van der Waals surface area contributed by atoms with Crippen LogP contribution < -0.4 is 5.32 Å². The summed E-state index contributed by atoms with van der Waals surface area (Å²) in [5.41, 5.74) is 2.44. The van der Waals surface area contributed by atoms with Crippen LogP contribution in [-0.4, -0.2) is 16.8 Å². The number of rotatable bonds is 7. The fourth-order valence-electron chi connectivity index (χ4n) is 3.44. The molecule has 1 fully saturated rings. The standard InChI is InChI=1S/C23H25N3O/c24-15-21(23(27)25-22-13-7-8-14-22)18-26(16-19-9-3-1-4-10-19)17-20-11-5-2-6-12-20/h1-6,9-12,18,22H,7-8,13-14,16-17H2,(H,25,27)/b21-18-. The lowest BCUT2D eigenvalue weighted by Crippen LogP contribution is -2.34. The van der Waals surface area contributed by atoms with Crippen molar-refractivity contribution in [2.24, 2.45) is 0 Å². The summed E-state index contributed by atoms with van der Waals surface area (Å²) in [6.07, 6.45) is 5.99. The number of hydrogen-bond donors (Lipinski definition) is 1. The molecule has 27 heavy (non-hydrogen) atoms. The van der Waals surface area contributed by atoms with Gasteiger partial charge in [-0.15, -0.1) is 0 Å². The zero-order chi connectivity index (χ0) is 18.9. The molecule has 1 aliphatic carbocycles. The number of nitrogens with one attached hydrogen (secondary N) is 1. The molecule has 0 bridgehead atoms. The summed E-state index contributed by atoms with van der Waals surface area (Å²) in [7, 11) is 0. The highest BCUT2D eigenvalue weighted by Gasteiger charge is 2.20. The topological polar surface area (TPSA) is 56.1 Å². The van der Waals surface area contributed by atoms with Crippen molar-refractivity contribution in [1.29, 1.82) is 5.26 Å². The highest BCUT2D eigenvalue weighted by Crippen LogP contribution is 2.18. The van der Waals surface area contributed by atoms with Gasteiger partial charge in [0.05, 0.1) is 0 Å². The van der Waals surface area contributed by atoms with Gasteiger partial charge in [0.25, 0.3) is 5.91 Å². The second-order valence-corrected chi connectivity index (χ2v) is 6.99. The molecule has 2 aromatic carbocycles. The second kappa shape index (κ2) is 9.59. The van der Waals surface area contributed by atoms with Gasteiger partial charge in [-0.05, 0) is 24.0 Å². The van der Waals surface area contributed by atoms with Gasteiger partial charge in [0, 0.05) is 25.3 Å². The predicted octanol–water partition coefficient (Wildman–Crippen LogP) is 4.16. The molecule has 4 heteroatoms. The van der Waals surface area contributed by atoms with Gasteiger partial charge in [-0.2, -0.15) is 5.26 Å². The molecule has 1 aliphatic rings. The fraction of sp³-hybridized carbons (Fsp3) is 0.304. The maximum absolute atomic E-state index is 12.5. The van der Waals surface area contributed by atoms with Crippen LogP contribution >= 0.6 is 0 Å². The van der Waals surface area contributed by atoms with Crippen molar-refractivity contribution >= 4 is 5.91 Å². The normalized spacial score (nSPS) is 14.6. The Bertz CT molecular complexity index is 761. The van der Waals surface area contributed by atoms with E-state index in [1.54, 1.807) is 6.20 Å². The zero-order valence-electron chi connectivity index (χ0n) is 15.5. The number of carbonyl (C=O) groups excluding carboxylic acids is 1. The molecule has 0 saturated heterocycles. The van der Waals surface area contributed by atoms with Crippen LogP contribution in [0.15, 0.2) is 72.4 Å². The SMILES string of the molecule is N#C/C(=C/N(Cc1ccccc1)Cc1ccccc1)C(=O)NC1CCCC1. The average molecular weight is 359 g/mol. The number of amides is 1. The third-order valence-corrected chi connectivity index (χ3v) is 4.82. The van der Waals surface area contributed by atoms with E-state index in [4.69, 9.17) is 0 Å². The van der Waals surface area contributed by atoms with Crippen molar-refractivity contribution in [3.63, 3.8) is 0 Å². The number of benzene rings is 2. The summed E-state index contributed by atoms with van der Waals surface area (Å²) >= 11 is 0. The highest BCUT2D eigenvalue weighted by atomic mass is 16.1. The van der Waals surface area contributed by atoms with E-state index in [2.05, 4.69) is 35.7 Å². The molecule has 138 valence electrons. The van der Waals surface area contributed by atoms with E-state index in [1.807, 2.05) is 41.3 Å². The van der Waals surface area contributed by atoms with Gasteiger partial charge in [-0.25, -0.2) is 0 Å². The molecule has 0 unspecified atom stereocenters. The molecular weight excluding hydrogens is 334 g/mol. The molecule has 0 atom stereocenters. The summed E-state index contributed by atoms with van der Waals surface area (Å²) in [4.78, 5) is 14.6. The Morgan fingerprint density at radius 1 is 1.00 bits per heavy atom. The van der Waals surface area contributed by atoms with E-state index in [0.29, 0.717) is 13.1 Å². The molecule has 0 radical (unpaired) electrons. The van der Waals surface area contributed by atoms with Gasteiger partial charge in [0.2, 0.25) is 0 Å². The lowest BCUT2D eigenvalue weighted by molar-refractivity contribution is -0.117. The smallest absolute Gasteiger partial charge is 0.263 e. The monoisotopic (exact) mass is 359 g/mol. The summed E-state index contributed by atoms with van der Waals surface area (Å²) in [5, 5.41) is 12.6. The Kier molecular flexibility index (Phi) is 6.65. The maximum atomic E-state index is 12.5. The summed E-state index contributed by atoms with van der Waals surface area (Å²) in [6.45, 7) is 1.27. The minimum atomic E-state index is -0.268. The van der Waals surface area contributed by atoms with E-state index in [1.165, 1.54) is 0 Å². The summed E-state index contributed by atoms with van der Waals surface area (Å²) in [6, 6.07) is 22.5. The number of carbonyl (C=O) groups is 1. The van der Waals surface area contributed by atoms with Crippen molar-refractivity contribution in [1.82, 2.24) is 10.2 Å². The largest absolute Gasteiger partial charge is 0.367 e. The van der Waals surface area contributed by atoms with E-state index in [-0.39, 0.29) is 17.5 Å². The molecule has 0 aliphatic heterocycles. The van der Waals surface area contributed by atoms with Gasteiger partial charge in [-0.3, -0.25) is 4.79 Å². The lowest BCUT2D eigenvalue weighted by Gasteiger charge is -2.22. The van der Waals surface area contributed by atoms with Crippen molar-refractivity contribution in [2.45, 2.75) is 44.8 Å². The number of nitriles is 1. The molecule has 1 N–H and O–H groups in total. The van der Waals surface area contributed by atoms with Crippen LogP contribution in [0.25, 0.3) is 0 Å². The van der Waals surface area contributed by atoms with E-state index >= 15 is 0 Å². The maximum Gasteiger partial charge on any atom is 0.263 e. The van der Waals surface area contributed by atoms with Crippen LogP contribution in [0.1, 0.15) is 36.8 Å². The molecule has 1 amide bonds. The lowest BCUT2D eigenvalue weighted by atomic mass is 10.1. The van der Waals surface area contributed by atoms with Crippen molar-refractivity contribution < 1.29 is 4.79 Å². The number of nitrogens with zero attached hydrogens (tertiary/aromatic N) is 2. The van der Waals surface area contributed by atoms with Crippen molar-refractivity contribution in [3.8, 4) is 6.07 Å². The first-order valence-corrected chi connectivity index (χ1v) is 9.49. The number of hydrogen-bond acceptors (Lipinski definition) is 3. The quantitative estimate of drug-likeness (QED) is 0.597. The fourth-order valence-corrected chi connectivity index (χ4v) is 3.44. The molecule has 3 rings (SSSR count). The van der Waals surface area contributed by atoms with Gasteiger partial charge in [0.1, 0.15) is 11.6 Å². The van der Waals surface area contributed by atoms with Crippen LogP contribution in [-0.2, 0) is 17.9 Å². The van der Waals surface area contributed by atoms with Crippen LogP contribution in [0.4, 0.5) is 0 Å². The predicted molar refractivity (Wildman–Crippen MR) is 106 cm³/mol. The first-order valence-electron chi connectivity index (χ1n) is 9.49. The van der Waals surface area contributed by atoms with Crippen LogP contribution in [0.3, 0.4) is 0 Å². The van der Waals surface area contributed by atoms with Crippen LogP contribution in [0.2, 0.25) is 0 Å². The average Bonchev–Trinajstić information content (AvgIpc) is 3.20. The Morgan fingerprint density at radius 2 is 1.52 bits per heavy atom. The Morgan fingerprint density at radius 3 is 2.00 bits per heavy atom. The Hall–Kier alpha value is -3.06. The third kappa shape index (κ3) is 5.72. The summed E-state index contributed by atoms with van der Waals surface area (Å²) < 4.78 is 0. The van der Waals surface area contributed by atoms with E-state index in [0.717, 1.165) is 36.8 Å². The van der Waals surface area contributed by atoms with Crippen LogP contribution in [0.5, 0.6) is 0 Å². The minimum Gasteiger partial charge on any atom is -0.367 e. The van der Waals surface area contributed by atoms with Gasteiger partial charge < -0.3 is 10.2 Å². The molecule has 2 aromatic rings. The molecule has 0 heterocycles. The third-order valence-electron chi connectivity index (χ3n) is 4.82. The molecule has 0 aromatic heterocycles. The first-order chi connectivity index (χ1) is 13.2. The van der Waals surface area contributed by atoms with E-state index in [9.17, 15) is 10.1 Å². The molecular formula is C23H25N3O. The van der Waals surface area contributed by atoms with Gasteiger partial charge in [-0.1, -0.05) is 73.5 Å². The van der Waals surface area contributed by atoms with Crippen molar-refractivity contribution in [2.75, 3.05) is 0 Å².